The van der Waals surface area contributed by atoms with Gasteiger partial charge in [0, 0.05) is 19.0 Å². The summed E-state index contributed by atoms with van der Waals surface area (Å²) in [5.74, 6) is -2.24. The number of benzene rings is 1. The predicted octanol–water partition coefficient (Wildman–Crippen LogP) is 2.86. The average Bonchev–Trinajstić information content (AvgIpc) is 3.41. The second-order valence-electron chi connectivity index (χ2n) is 8.25. The molecular formula is C21H27FN2O3. The molecule has 3 fully saturated rings. The van der Waals surface area contributed by atoms with Gasteiger partial charge in [-0.25, -0.2) is 4.39 Å². The number of aliphatic carboxylic acids is 1. The van der Waals surface area contributed by atoms with Crippen molar-refractivity contribution in [3.05, 3.63) is 35.6 Å². The molecule has 0 bridgehead atoms. The first-order valence-electron chi connectivity index (χ1n) is 10.0. The normalized spacial score (nSPS) is 28.0. The summed E-state index contributed by atoms with van der Waals surface area (Å²) in [6, 6.07) is 6.14. The first kappa shape index (κ1) is 18.4. The minimum absolute atomic E-state index is 0.0899. The maximum Gasteiger partial charge on any atom is 0.308 e. The Bertz CT molecular complexity index is 726. The number of carboxylic acids is 1. The molecule has 0 unspecified atom stereocenters. The number of nitrogens with zero attached hydrogens (tertiary/aromatic N) is 2. The summed E-state index contributed by atoms with van der Waals surface area (Å²) in [5, 5.41) is 9.71. The summed E-state index contributed by atoms with van der Waals surface area (Å²) in [5.41, 5.74) is 0.218. The second kappa shape index (κ2) is 7.23. The van der Waals surface area contributed by atoms with E-state index >= 15 is 0 Å². The Kier molecular flexibility index (Phi) is 4.93. The third-order valence-electron chi connectivity index (χ3n) is 6.74. The van der Waals surface area contributed by atoms with Crippen LogP contribution in [0.15, 0.2) is 24.3 Å². The Hall–Kier alpha value is -1.95. The molecule has 2 heterocycles. The molecular weight excluding hydrogens is 347 g/mol. The van der Waals surface area contributed by atoms with Crippen LogP contribution in [0, 0.1) is 11.7 Å². The number of likely N-dealkylation sites (tertiary alicyclic amines) is 2. The fourth-order valence-electron chi connectivity index (χ4n) is 5.36. The molecule has 1 aromatic carbocycles. The highest BCUT2D eigenvalue weighted by atomic mass is 19.1. The SMILES string of the molecule is O=C(O)[C@@H]1CN(C(=O)C2(N3CCCC3)CCCC2)C[C@H]1c1cccc(F)c1. The van der Waals surface area contributed by atoms with Crippen LogP contribution in [-0.4, -0.2) is 58.5 Å². The zero-order valence-corrected chi connectivity index (χ0v) is 15.6. The topological polar surface area (TPSA) is 60.9 Å². The fraction of sp³-hybridized carbons (Fsp3) is 0.619. The van der Waals surface area contributed by atoms with Crippen molar-refractivity contribution < 1.29 is 19.1 Å². The van der Waals surface area contributed by atoms with Gasteiger partial charge in [-0.05, 0) is 56.5 Å². The van der Waals surface area contributed by atoms with Crippen LogP contribution in [0.1, 0.15) is 50.0 Å². The number of carbonyl (C=O) groups is 2. The first-order valence-corrected chi connectivity index (χ1v) is 10.0. The Morgan fingerprint density at radius 3 is 2.41 bits per heavy atom. The zero-order valence-electron chi connectivity index (χ0n) is 15.6. The van der Waals surface area contributed by atoms with Crippen molar-refractivity contribution in [1.29, 1.82) is 0 Å². The maximum absolute atomic E-state index is 13.7. The molecule has 1 aromatic rings. The number of halogens is 1. The molecule has 3 aliphatic rings. The standard InChI is InChI=1S/C21H27FN2O3/c22-16-7-5-6-15(12-16)17-13-23(14-18(17)19(25)26)20(27)21(8-1-2-9-21)24-10-3-4-11-24/h5-7,12,17-18H,1-4,8-11,13-14H2,(H,25,26)/t17-,18+/m0/s1. The highest BCUT2D eigenvalue weighted by molar-refractivity contribution is 5.88. The molecule has 27 heavy (non-hydrogen) atoms. The molecule has 2 atom stereocenters. The van der Waals surface area contributed by atoms with E-state index in [1.165, 1.54) is 12.1 Å². The van der Waals surface area contributed by atoms with Gasteiger partial charge >= 0.3 is 5.97 Å². The van der Waals surface area contributed by atoms with Crippen molar-refractivity contribution in [2.45, 2.75) is 50.0 Å². The van der Waals surface area contributed by atoms with E-state index in [9.17, 15) is 19.1 Å². The van der Waals surface area contributed by atoms with Crippen molar-refractivity contribution in [3.8, 4) is 0 Å². The van der Waals surface area contributed by atoms with Gasteiger partial charge in [-0.3, -0.25) is 14.5 Å². The average molecular weight is 374 g/mol. The second-order valence-corrected chi connectivity index (χ2v) is 8.25. The van der Waals surface area contributed by atoms with E-state index in [1.807, 2.05) is 0 Å². The molecule has 4 rings (SSSR count). The van der Waals surface area contributed by atoms with Crippen molar-refractivity contribution in [3.63, 3.8) is 0 Å². The quantitative estimate of drug-likeness (QED) is 0.880. The van der Waals surface area contributed by atoms with Crippen LogP contribution in [0.25, 0.3) is 0 Å². The molecule has 1 saturated carbocycles. The van der Waals surface area contributed by atoms with Gasteiger partial charge in [0.2, 0.25) is 5.91 Å². The highest BCUT2D eigenvalue weighted by Gasteiger charge is 2.51. The van der Waals surface area contributed by atoms with Crippen LogP contribution >= 0.6 is 0 Å². The van der Waals surface area contributed by atoms with Gasteiger partial charge in [-0.2, -0.15) is 0 Å². The molecule has 146 valence electrons. The molecule has 0 spiro atoms. The lowest BCUT2D eigenvalue weighted by Crippen LogP contribution is -2.57. The zero-order chi connectivity index (χ0) is 19.0. The Balaban J connectivity index is 1.60. The first-order chi connectivity index (χ1) is 13.0. The van der Waals surface area contributed by atoms with Gasteiger partial charge < -0.3 is 10.0 Å². The Labute approximate surface area is 159 Å². The monoisotopic (exact) mass is 374 g/mol. The summed E-state index contributed by atoms with van der Waals surface area (Å²) < 4.78 is 13.7. The van der Waals surface area contributed by atoms with Gasteiger partial charge in [-0.15, -0.1) is 0 Å². The Morgan fingerprint density at radius 1 is 1.07 bits per heavy atom. The molecule has 5 nitrogen and oxygen atoms in total. The van der Waals surface area contributed by atoms with Crippen LogP contribution in [0.2, 0.25) is 0 Å². The van der Waals surface area contributed by atoms with Crippen molar-refractivity contribution >= 4 is 11.9 Å². The molecule has 2 saturated heterocycles. The van der Waals surface area contributed by atoms with Crippen LogP contribution < -0.4 is 0 Å². The molecule has 0 radical (unpaired) electrons. The van der Waals surface area contributed by atoms with E-state index in [4.69, 9.17) is 0 Å². The summed E-state index contributed by atoms with van der Waals surface area (Å²) in [6.45, 7) is 2.48. The lowest BCUT2D eigenvalue weighted by atomic mass is 9.89. The minimum atomic E-state index is -0.916. The van der Waals surface area contributed by atoms with Gasteiger partial charge in [0.05, 0.1) is 5.92 Å². The van der Waals surface area contributed by atoms with Gasteiger partial charge in [0.1, 0.15) is 11.4 Å². The van der Waals surface area contributed by atoms with E-state index in [-0.39, 0.29) is 24.2 Å². The van der Waals surface area contributed by atoms with Crippen LogP contribution in [0.4, 0.5) is 4.39 Å². The summed E-state index contributed by atoms with van der Waals surface area (Å²) in [4.78, 5) is 29.5. The van der Waals surface area contributed by atoms with E-state index < -0.39 is 17.4 Å². The summed E-state index contributed by atoms with van der Waals surface area (Å²) >= 11 is 0. The number of hydrogen-bond acceptors (Lipinski definition) is 3. The Morgan fingerprint density at radius 2 is 1.78 bits per heavy atom. The van der Waals surface area contributed by atoms with Gasteiger partial charge in [0.25, 0.3) is 0 Å². The number of carbonyl (C=O) groups excluding carboxylic acids is 1. The third kappa shape index (κ3) is 3.24. The largest absolute Gasteiger partial charge is 0.481 e. The van der Waals surface area contributed by atoms with E-state index in [0.717, 1.165) is 51.6 Å². The lowest BCUT2D eigenvalue weighted by Gasteiger charge is -2.40. The van der Waals surface area contributed by atoms with Crippen molar-refractivity contribution in [2.75, 3.05) is 26.2 Å². The lowest BCUT2D eigenvalue weighted by molar-refractivity contribution is -0.144. The molecule has 6 heteroatoms. The van der Waals surface area contributed by atoms with Crippen molar-refractivity contribution in [2.24, 2.45) is 5.92 Å². The van der Waals surface area contributed by atoms with Gasteiger partial charge in [0.15, 0.2) is 0 Å². The van der Waals surface area contributed by atoms with E-state index in [0.29, 0.717) is 12.1 Å². The van der Waals surface area contributed by atoms with Crippen LogP contribution in [0.5, 0.6) is 0 Å². The smallest absolute Gasteiger partial charge is 0.308 e. The van der Waals surface area contributed by atoms with Crippen molar-refractivity contribution in [1.82, 2.24) is 9.80 Å². The summed E-state index contributed by atoms with van der Waals surface area (Å²) in [6.07, 6.45) is 6.07. The number of amides is 1. The maximum atomic E-state index is 13.7. The molecule has 2 aliphatic heterocycles. The number of carboxylic acid groups (broad SMARTS) is 1. The van der Waals surface area contributed by atoms with Crippen LogP contribution in [0.3, 0.4) is 0 Å². The van der Waals surface area contributed by atoms with Crippen LogP contribution in [-0.2, 0) is 9.59 Å². The predicted molar refractivity (Wildman–Crippen MR) is 98.9 cm³/mol. The molecule has 1 N–H and O–H groups in total. The number of hydrogen-bond donors (Lipinski definition) is 1. The molecule has 0 aromatic heterocycles. The van der Waals surface area contributed by atoms with E-state index in [1.54, 1.807) is 17.0 Å². The van der Waals surface area contributed by atoms with E-state index in [2.05, 4.69) is 4.90 Å². The third-order valence-corrected chi connectivity index (χ3v) is 6.74. The molecule has 1 amide bonds. The fourth-order valence-corrected chi connectivity index (χ4v) is 5.36. The summed E-state index contributed by atoms with van der Waals surface area (Å²) in [7, 11) is 0. The highest BCUT2D eigenvalue weighted by Crippen LogP contribution is 2.42. The number of rotatable bonds is 4. The van der Waals surface area contributed by atoms with Gasteiger partial charge in [-0.1, -0.05) is 25.0 Å². The minimum Gasteiger partial charge on any atom is -0.481 e. The molecule has 1 aliphatic carbocycles.